The lowest BCUT2D eigenvalue weighted by atomic mass is 10.0. The summed E-state index contributed by atoms with van der Waals surface area (Å²) in [5.74, 6) is 0.0614. The second-order valence-electron chi connectivity index (χ2n) is 5.27. The van der Waals surface area contributed by atoms with Gasteiger partial charge in [0.2, 0.25) is 5.82 Å². The lowest BCUT2D eigenvalue weighted by molar-refractivity contribution is 0.100. The van der Waals surface area contributed by atoms with Crippen LogP contribution in [0.3, 0.4) is 0 Å². The molecule has 0 radical (unpaired) electrons. The van der Waals surface area contributed by atoms with Gasteiger partial charge in [0.15, 0.2) is 5.96 Å². The first-order valence-corrected chi connectivity index (χ1v) is 8.08. The second-order valence-corrected chi connectivity index (χ2v) is 6.13. The van der Waals surface area contributed by atoms with Crippen LogP contribution < -0.4 is 11.5 Å². The molecule has 2 aromatic carbocycles. The van der Waals surface area contributed by atoms with Gasteiger partial charge >= 0.3 is 0 Å². The van der Waals surface area contributed by atoms with E-state index in [2.05, 4.69) is 31.1 Å². The molecule has 3 rings (SSSR count). The van der Waals surface area contributed by atoms with Crippen molar-refractivity contribution in [3.05, 3.63) is 58.1 Å². The minimum atomic E-state index is -0.494. The molecular formula is C17H14BrN5O2. The Morgan fingerprint density at radius 3 is 2.64 bits per heavy atom. The molecule has 8 heteroatoms. The van der Waals surface area contributed by atoms with Gasteiger partial charge in [0.25, 0.3) is 11.8 Å². The van der Waals surface area contributed by atoms with Crippen LogP contribution in [0.4, 0.5) is 0 Å². The van der Waals surface area contributed by atoms with Crippen molar-refractivity contribution in [1.82, 2.24) is 10.1 Å². The molecule has 0 saturated carbocycles. The molecule has 4 N–H and O–H groups in total. The Morgan fingerprint density at radius 2 is 1.96 bits per heavy atom. The van der Waals surface area contributed by atoms with Crippen molar-refractivity contribution in [3.63, 3.8) is 0 Å². The van der Waals surface area contributed by atoms with Crippen LogP contribution in [-0.2, 0) is 0 Å². The minimum Gasteiger partial charge on any atom is -0.370 e. The van der Waals surface area contributed by atoms with Gasteiger partial charge in [0, 0.05) is 15.6 Å². The number of nitrogens with two attached hydrogens (primary N) is 2. The summed E-state index contributed by atoms with van der Waals surface area (Å²) in [5, 5.41) is 4.01. The topological polar surface area (TPSA) is 120 Å². The Balaban J connectivity index is 1.94. The predicted octanol–water partition coefficient (Wildman–Crippen LogP) is 2.89. The summed E-state index contributed by atoms with van der Waals surface area (Å²) in [5.41, 5.74) is 13.1. The van der Waals surface area contributed by atoms with Gasteiger partial charge in [-0.3, -0.25) is 4.79 Å². The fourth-order valence-corrected chi connectivity index (χ4v) is 2.76. The van der Waals surface area contributed by atoms with Crippen LogP contribution in [0.25, 0.3) is 22.8 Å². The number of aryl methyl sites for hydroxylation is 1. The van der Waals surface area contributed by atoms with E-state index in [1.165, 1.54) is 0 Å². The molecule has 0 spiro atoms. The van der Waals surface area contributed by atoms with Gasteiger partial charge in [-0.15, -0.1) is 0 Å². The van der Waals surface area contributed by atoms with Crippen LogP contribution in [0.15, 0.2) is 56.5 Å². The van der Waals surface area contributed by atoms with E-state index in [9.17, 15) is 4.79 Å². The zero-order valence-electron chi connectivity index (χ0n) is 13.2. The number of nitrogens with zero attached hydrogens (tertiary/aromatic N) is 3. The number of carbonyl (C=O) groups is 1. The highest BCUT2D eigenvalue weighted by Crippen LogP contribution is 2.29. The van der Waals surface area contributed by atoms with Crippen molar-refractivity contribution in [3.8, 4) is 22.8 Å². The summed E-state index contributed by atoms with van der Waals surface area (Å²) >= 11 is 3.46. The molecule has 1 heterocycles. The highest BCUT2D eigenvalue weighted by atomic mass is 79.9. The fourth-order valence-electron chi connectivity index (χ4n) is 2.30. The Hall–Kier alpha value is -3.00. The van der Waals surface area contributed by atoms with Crippen molar-refractivity contribution < 1.29 is 9.32 Å². The number of guanidine groups is 1. The Bertz CT molecular complexity index is 977. The molecule has 0 bridgehead atoms. The molecule has 0 saturated heterocycles. The molecule has 0 aliphatic heterocycles. The Morgan fingerprint density at radius 1 is 1.20 bits per heavy atom. The molecule has 126 valence electrons. The molecule has 1 amide bonds. The first kappa shape index (κ1) is 16.8. The summed E-state index contributed by atoms with van der Waals surface area (Å²) < 4.78 is 6.20. The van der Waals surface area contributed by atoms with E-state index in [-0.39, 0.29) is 5.96 Å². The number of carbonyl (C=O) groups excluding carboxylic acids is 1. The van der Waals surface area contributed by atoms with Crippen molar-refractivity contribution in [2.24, 2.45) is 16.5 Å². The lowest BCUT2D eigenvalue weighted by Gasteiger charge is -2.03. The number of aromatic nitrogens is 2. The van der Waals surface area contributed by atoms with Crippen molar-refractivity contribution in [2.75, 3.05) is 0 Å². The van der Waals surface area contributed by atoms with Crippen molar-refractivity contribution >= 4 is 27.8 Å². The number of halogens is 1. The van der Waals surface area contributed by atoms with E-state index in [4.69, 9.17) is 16.0 Å². The van der Waals surface area contributed by atoms with Crippen LogP contribution in [0, 0.1) is 6.92 Å². The third-order valence-corrected chi connectivity index (χ3v) is 4.17. The third kappa shape index (κ3) is 3.58. The van der Waals surface area contributed by atoms with Crippen LogP contribution in [0.2, 0.25) is 0 Å². The molecule has 0 aliphatic rings. The summed E-state index contributed by atoms with van der Waals surface area (Å²) in [6, 6.07) is 12.7. The maximum atomic E-state index is 11.9. The second kappa shape index (κ2) is 6.86. The first-order valence-electron chi connectivity index (χ1n) is 7.29. The maximum Gasteiger partial charge on any atom is 0.280 e. The molecule has 0 aliphatic carbocycles. The van der Waals surface area contributed by atoms with Gasteiger partial charge in [-0.05, 0) is 52.7 Å². The lowest BCUT2D eigenvalue weighted by Crippen LogP contribution is -2.24. The van der Waals surface area contributed by atoms with Gasteiger partial charge in [0.1, 0.15) is 0 Å². The van der Waals surface area contributed by atoms with E-state index in [1.807, 2.05) is 24.3 Å². The van der Waals surface area contributed by atoms with Crippen molar-refractivity contribution in [1.29, 1.82) is 0 Å². The number of rotatable bonds is 3. The number of benzene rings is 2. The minimum absolute atomic E-state index is 0.273. The van der Waals surface area contributed by atoms with Crippen LogP contribution in [-0.4, -0.2) is 22.0 Å². The van der Waals surface area contributed by atoms with E-state index < -0.39 is 5.91 Å². The maximum absolute atomic E-state index is 11.9. The summed E-state index contributed by atoms with van der Waals surface area (Å²) in [4.78, 5) is 19.9. The highest BCUT2D eigenvalue weighted by Gasteiger charge is 2.15. The summed E-state index contributed by atoms with van der Waals surface area (Å²) in [6.45, 7) is 1.79. The molecular weight excluding hydrogens is 386 g/mol. The SMILES string of the molecule is Cc1cc(-c2noc(-c3ccccc3Br)n2)ccc1C(=O)N=C(N)N. The van der Waals surface area contributed by atoms with E-state index >= 15 is 0 Å². The molecule has 0 atom stereocenters. The zero-order chi connectivity index (χ0) is 18.0. The van der Waals surface area contributed by atoms with Gasteiger partial charge in [-0.1, -0.05) is 23.4 Å². The Labute approximate surface area is 151 Å². The molecule has 3 aromatic rings. The third-order valence-electron chi connectivity index (χ3n) is 3.48. The quantitative estimate of drug-likeness (QED) is 0.515. The van der Waals surface area contributed by atoms with Gasteiger partial charge < -0.3 is 16.0 Å². The average Bonchev–Trinajstić information content (AvgIpc) is 3.04. The number of hydrogen-bond acceptors (Lipinski definition) is 4. The largest absolute Gasteiger partial charge is 0.370 e. The first-order chi connectivity index (χ1) is 12.0. The average molecular weight is 400 g/mol. The van der Waals surface area contributed by atoms with Crippen LogP contribution in [0.1, 0.15) is 15.9 Å². The van der Waals surface area contributed by atoms with Crippen LogP contribution in [0.5, 0.6) is 0 Å². The monoisotopic (exact) mass is 399 g/mol. The predicted molar refractivity (Wildman–Crippen MR) is 97.7 cm³/mol. The summed E-state index contributed by atoms with van der Waals surface area (Å²) in [7, 11) is 0. The molecule has 25 heavy (non-hydrogen) atoms. The van der Waals surface area contributed by atoms with Gasteiger partial charge in [-0.2, -0.15) is 9.98 Å². The highest BCUT2D eigenvalue weighted by molar-refractivity contribution is 9.10. The van der Waals surface area contributed by atoms with E-state index in [0.29, 0.717) is 22.8 Å². The molecule has 1 aromatic heterocycles. The van der Waals surface area contributed by atoms with E-state index in [1.54, 1.807) is 25.1 Å². The number of aliphatic imine (C=N–C) groups is 1. The van der Waals surface area contributed by atoms with Gasteiger partial charge in [0.05, 0.1) is 5.56 Å². The molecule has 0 fully saturated rings. The number of amides is 1. The molecule has 7 nitrogen and oxygen atoms in total. The Kier molecular flexibility index (Phi) is 4.62. The van der Waals surface area contributed by atoms with E-state index in [0.717, 1.165) is 15.6 Å². The normalized spacial score (nSPS) is 10.5. The van der Waals surface area contributed by atoms with Crippen LogP contribution >= 0.6 is 15.9 Å². The number of hydrogen-bond donors (Lipinski definition) is 2. The fraction of sp³-hybridized carbons (Fsp3) is 0.0588. The zero-order valence-corrected chi connectivity index (χ0v) is 14.8. The summed E-state index contributed by atoms with van der Waals surface area (Å²) in [6.07, 6.45) is 0. The standard InChI is InChI=1S/C17H14BrN5O2/c1-9-8-10(6-7-11(9)15(24)22-17(19)20)14-21-16(25-23-14)12-4-2-3-5-13(12)18/h2-8H,1H3,(H4,19,20,22,24). The molecule has 0 unspecified atom stereocenters. The van der Waals surface area contributed by atoms with Crippen molar-refractivity contribution in [2.45, 2.75) is 6.92 Å². The van der Waals surface area contributed by atoms with Gasteiger partial charge in [-0.25, -0.2) is 0 Å². The smallest absolute Gasteiger partial charge is 0.280 e.